The first kappa shape index (κ1) is 14.9. The van der Waals surface area contributed by atoms with Crippen LogP contribution < -0.4 is 5.32 Å². The molecule has 0 spiro atoms. The molecule has 106 valence electrons. The number of carbonyl (C=O) groups excluding carboxylic acids is 1. The number of hydrogen-bond donors (Lipinski definition) is 1. The highest BCUT2D eigenvalue weighted by atomic mass is 35.5. The van der Waals surface area contributed by atoms with E-state index in [4.69, 9.17) is 11.6 Å². The van der Waals surface area contributed by atoms with Crippen molar-refractivity contribution in [2.45, 2.75) is 12.5 Å². The van der Waals surface area contributed by atoms with Crippen LogP contribution >= 0.6 is 23.4 Å². The van der Waals surface area contributed by atoms with Crippen LogP contribution in [0, 0.1) is 0 Å². The molecule has 0 bridgehead atoms. The monoisotopic (exact) mass is 309 g/mol. The third kappa shape index (κ3) is 4.02. The van der Waals surface area contributed by atoms with Gasteiger partial charge in [-0.05, 0) is 42.7 Å². The van der Waals surface area contributed by atoms with E-state index in [9.17, 15) is 4.79 Å². The molecule has 1 atom stereocenters. The normalized spacial score (nSPS) is 12.1. The highest BCUT2D eigenvalue weighted by molar-refractivity contribution is 7.98. The number of carbonyl (C=O) groups is 1. The maximum Gasteiger partial charge on any atom is 0.248 e. The third-order valence-corrected chi connectivity index (χ3v) is 3.73. The van der Waals surface area contributed by atoms with Gasteiger partial charge in [0.1, 0.15) is 11.9 Å². The summed E-state index contributed by atoms with van der Waals surface area (Å²) < 4.78 is 1.92. The van der Waals surface area contributed by atoms with E-state index < -0.39 is 0 Å². The van der Waals surface area contributed by atoms with Crippen molar-refractivity contribution in [2.75, 3.05) is 17.3 Å². The van der Waals surface area contributed by atoms with Gasteiger partial charge in [-0.1, -0.05) is 11.6 Å². The number of anilines is 1. The summed E-state index contributed by atoms with van der Waals surface area (Å²) in [6, 6.07) is 7.01. The fourth-order valence-corrected chi connectivity index (χ4v) is 2.43. The van der Waals surface area contributed by atoms with E-state index in [0.29, 0.717) is 10.8 Å². The van der Waals surface area contributed by atoms with Crippen molar-refractivity contribution in [2.24, 2.45) is 0 Å². The van der Waals surface area contributed by atoms with Crippen LogP contribution in [0.5, 0.6) is 0 Å². The minimum absolute atomic E-state index is 0.0647. The molecule has 2 heterocycles. The molecule has 20 heavy (non-hydrogen) atoms. The van der Waals surface area contributed by atoms with Crippen molar-refractivity contribution in [3.8, 4) is 0 Å². The van der Waals surface area contributed by atoms with Crippen LogP contribution in [-0.4, -0.2) is 27.5 Å². The Morgan fingerprint density at radius 2 is 2.20 bits per heavy atom. The fourth-order valence-electron chi connectivity index (χ4n) is 1.86. The number of pyridine rings is 1. The topological polar surface area (TPSA) is 46.9 Å². The quantitative estimate of drug-likeness (QED) is 0.889. The van der Waals surface area contributed by atoms with Crippen molar-refractivity contribution >= 4 is 35.1 Å². The number of nitrogens with one attached hydrogen (secondary N) is 1. The molecule has 0 aliphatic rings. The molecule has 0 saturated carbocycles. The molecule has 2 rings (SSSR count). The molecule has 2 aromatic heterocycles. The molecule has 1 amide bonds. The summed E-state index contributed by atoms with van der Waals surface area (Å²) in [4.78, 5) is 16.5. The van der Waals surface area contributed by atoms with Gasteiger partial charge in [-0.15, -0.1) is 0 Å². The smallest absolute Gasteiger partial charge is 0.248 e. The largest absolute Gasteiger partial charge is 0.342 e. The van der Waals surface area contributed by atoms with E-state index in [1.54, 1.807) is 23.9 Å². The van der Waals surface area contributed by atoms with E-state index in [-0.39, 0.29) is 11.9 Å². The highest BCUT2D eigenvalue weighted by Crippen LogP contribution is 2.18. The summed E-state index contributed by atoms with van der Waals surface area (Å²) in [6.45, 7) is 0. The number of nitrogens with zero attached hydrogens (tertiary/aromatic N) is 2. The minimum atomic E-state index is -0.227. The van der Waals surface area contributed by atoms with Crippen molar-refractivity contribution < 1.29 is 4.79 Å². The first-order chi connectivity index (χ1) is 9.70. The second-order valence-corrected chi connectivity index (χ2v) is 5.70. The predicted octanol–water partition coefficient (Wildman–Crippen LogP) is 3.47. The lowest BCUT2D eigenvalue weighted by molar-refractivity contribution is -0.119. The van der Waals surface area contributed by atoms with Gasteiger partial charge in [0.05, 0.1) is 5.02 Å². The standard InChI is InChI=1S/C14H16ClN3OS/c1-20-9-6-12(18-7-2-3-8-18)14(19)17-13-5-4-11(15)10-16-13/h2-5,7-8,10,12H,6,9H2,1H3,(H,16,17,19). The Morgan fingerprint density at radius 1 is 1.45 bits per heavy atom. The Labute approximate surface area is 127 Å². The van der Waals surface area contributed by atoms with Crippen LogP contribution in [0.15, 0.2) is 42.9 Å². The van der Waals surface area contributed by atoms with Gasteiger partial charge in [0.15, 0.2) is 0 Å². The molecule has 0 aliphatic heterocycles. The lowest BCUT2D eigenvalue weighted by atomic mass is 10.2. The third-order valence-electron chi connectivity index (χ3n) is 2.86. The Hall–Kier alpha value is -1.46. The first-order valence-corrected chi connectivity index (χ1v) is 8.01. The van der Waals surface area contributed by atoms with Crippen LogP contribution in [0.2, 0.25) is 5.02 Å². The fraction of sp³-hybridized carbons (Fsp3) is 0.286. The van der Waals surface area contributed by atoms with Crippen molar-refractivity contribution in [3.05, 3.63) is 47.9 Å². The van der Waals surface area contributed by atoms with E-state index >= 15 is 0 Å². The van der Waals surface area contributed by atoms with Gasteiger partial charge in [-0.25, -0.2) is 4.98 Å². The van der Waals surface area contributed by atoms with Gasteiger partial charge in [-0.3, -0.25) is 4.79 Å². The zero-order chi connectivity index (χ0) is 14.4. The maximum atomic E-state index is 12.4. The molecular weight excluding hydrogens is 294 g/mol. The van der Waals surface area contributed by atoms with Crippen LogP contribution in [0.4, 0.5) is 5.82 Å². The Balaban J connectivity index is 2.08. The van der Waals surface area contributed by atoms with Gasteiger partial charge in [-0.2, -0.15) is 11.8 Å². The zero-order valence-corrected chi connectivity index (χ0v) is 12.7. The minimum Gasteiger partial charge on any atom is -0.342 e. The molecule has 2 aromatic rings. The van der Waals surface area contributed by atoms with E-state index in [1.807, 2.05) is 35.3 Å². The molecule has 1 N–H and O–H groups in total. The Kier molecular flexibility index (Phi) is 5.49. The van der Waals surface area contributed by atoms with Crippen LogP contribution in [-0.2, 0) is 4.79 Å². The second-order valence-electron chi connectivity index (χ2n) is 4.28. The average Bonchev–Trinajstić information content (AvgIpc) is 2.96. The molecule has 0 aromatic carbocycles. The summed E-state index contributed by atoms with van der Waals surface area (Å²) in [5, 5.41) is 3.38. The summed E-state index contributed by atoms with van der Waals surface area (Å²) in [5.74, 6) is 1.37. The molecule has 0 aliphatic carbocycles. The summed E-state index contributed by atoms with van der Waals surface area (Å²) >= 11 is 7.50. The van der Waals surface area contributed by atoms with Gasteiger partial charge in [0.2, 0.25) is 5.91 Å². The predicted molar refractivity (Wildman–Crippen MR) is 84.3 cm³/mol. The average molecular weight is 310 g/mol. The van der Waals surface area contributed by atoms with Gasteiger partial charge in [0, 0.05) is 18.6 Å². The van der Waals surface area contributed by atoms with E-state index in [1.165, 1.54) is 6.20 Å². The number of thioether (sulfide) groups is 1. The van der Waals surface area contributed by atoms with Gasteiger partial charge >= 0.3 is 0 Å². The summed E-state index contributed by atoms with van der Waals surface area (Å²) in [5.41, 5.74) is 0. The molecule has 6 heteroatoms. The lowest BCUT2D eigenvalue weighted by Crippen LogP contribution is -2.26. The van der Waals surface area contributed by atoms with Crippen molar-refractivity contribution in [3.63, 3.8) is 0 Å². The Bertz CT molecular complexity index is 542. The number of hydrogen-bond acceptors (Lipinski definition) is 3. The molecule has 0 fully saturated rings. The number of rotatable bonds is 6. The maximum absolute atomic E-state index is 12.4. The van der Waals surface area contributed by atoms with Crippen molar-refractivity contribution in [1.82, 2.24) is 9.55 Å². The van der Waals surface area contributed by atoms with Gasteiger partial charge < -0.3 is 9.88 Å². The summed E-state index contributed by atoms with van der Waals surface area (Å²) in [6.07, 6.45) is 8.13. The lowest BCUT2D eigenvalue weighted by Gasteiger charge is -2.18. The van der Waals surface area contributed by atoms with Gasteiger partial charge in [0.25, 0.3) is 0 Å². The van der Waals surface area contributed by atoms with E-state index in [0.717, 1.165) is 12.2 Å². The first-order valence-electron chi connectivity index (χ1n) is 6.24. The van der Waals surface area contributed by atoms with Crippen molar-refractivity contribution in [1.29, 1.82) is 0 Å². The van der Waals surface area contributed by atoms with E-state index in [2.05, 4.69) is 10.3 Å². The number of halogens is 1. The SMILES string of the molecule is CSCCC(C(=O)Nc1ccc(Cl)cn1)n1cccc1. The summed E-state index contributed by atoms with van der Waals surface area (Å²) in [7, 11) is 0. The Morgan fingerprint density at radius 3 is 2.80 bits per heavy atom. The second kappa shape index (κ2) is 7.36. The van der Waals surface area contributed by atoms with Crippen LogP contribution in [0.1, 0.15) is 12.5 Å². The highest BCUT2D eigenvalue weighted by Gasteiger charge is 2.19. The van der Waals surface area contributed by atoms with Crippen LogP contribution in [0.3, 0.4) is 0 Å². The molecule has 1 unspecified atom stereocenters. The molecule has 4 nitrogen and oxygen atoms in total. The molecular formula is C14H16ClN3OS. The number of amides is 1. The van der Waals surface area contributed by atoms with Crippen LogP contribution in [0.25, 0.3) is 0 Å². The molecule has 0 saturated heterocycles. The number of aromatic nitrogens is 2. The zero-order valence-electron chi connectivity index (χ0n) is 11.1. The molecule has 0 radical (unpaired) electrons.